The molecule has 0 atom stereocenters. The van der Waals surface area contributed by atoms with Gasteiger partial charge in [-0.15, -0.1) is 0 Å². The number of carbonyl (C=O) groups is 1. The summed E-state index contributed by atoms with van der Waals surface area (Å²) < 4.78 is 34.9. The fraction of sp³-hybridized carbons (Fsp3) is 0.148. The lowest BCUT2D eigenvalue weighted by Gasteiger charge is -2.13. The van der Waals surface area contributed by atoms with E-state index in [4.69, 9.17) is 30.5 Å². The van der Waals surface area contributed by atoms with Crippen molar-refractivity contribution in [3.8, 4) is 23.0 Å². The van der Waals surface area contributed by atoms with Crippen LogP contribution in [0.4, 0.5) is 10.1 Å². The lowest BCUT2D eigenvalue weighted by atomic mass is 10.1. The van der Waals surface area contributed by atoms with Crippen molar-refractivity contribution >= 4 is 35.2 Å². The predicted octanol–water partition coefficient (Wildman–Crippen LogP) is 6.49. The number of carbonyl (C=O) groups excluding carboxylic acids is 1. The van der Waals surface area contributed by atoms with E-state index >= 15 is 0 Å². The molecule has 0 saturated heterocycles. The molecule has 0 aliphatic heterocycles. The molecule has 0 spiro atoms. The van der Waals surface area contributed by atoms with Gasteiger partial charge >= 0.3 is 0 Å². The summed E-state index contributed by atoms with van der Waals surface area (Å²) in [4.78, 5) is 12.3. The zero-order chi connectivity index (χ0) is 25.4. The van der Waals surface area contributed by atoms with Crippen molar-refractivity contribution in [3.63, 3.8) is 0 Å². The van der Waals surface area contributed by atoms with Gasteiger partial charge in [-0.25, -0.2) is 4.39 Å². The molecule has 35 heavy (non-hydrogen) atoms. The van der Waals surface area contributed by atoms with E-state index < -0.39 is 5.82 Å². The Hall–Kier alpha value is -3.97. The summed E-state index contributed by atoms with van der Waals surface area (Å²) in [5.74, 6) is 1.17. The highest BCUT2D eigenvalue weighted by Gasteiger charge is 2.13. The highest BCUT2D eigenvalue weighted by Crippen LogP contribution is 2.39. The number of ether oxygens (including phenoxy) is 4. The Morgan fingerprint density at radius 2 is 1.49 bits per heavy atom. The van der Waals surface area contributed by atoms with Gasteiger partial charge < -0.3 is 24.3 Å². The Morgan fingerprint density at radius 1 is 0.857 bits per heavy atom. The molecule has 0 aliphatic carbocycles. The number of methoxy groups -OCH3 is 4. The number of hydrogen-bond acceptors (Lipinski definition) is 6. The summed E-state index contributed by atoms with van der Waals surface area (Å²) in [6, 6.07) is 12.7. The Labute approximate surface area is 208 Å². The van der Waals surface area contributed by atoms with Gasteiger partial charge in [-0.2, -0.15) is 0 Å². The second-order valence-corrected chi connectivity index (χ2v) is 7.64. The van der Waals surface area contributed by atoms with Gasteiger partial charge in [-0.3, -0.25) is 4.79 Å². The van der Waals surface area contributed by atoms with Gasteiger partial charge in [0.05, 0.1) is 39.1 Å². The molecule has 0 aromatic heterocycles. The Balaban J connectivity index is 1.85. The van der Waals surface area contributed by atoms with E-state index in [0.29, 0.717) is 33.7 Å². The largest absolute Gasteiger partial charge is 0.493 e. The highest BCUT2D eigenvalue weighted by molar-refractivity contribution is 6.32. The molecular weight excluding hydrogens is 473 g/mol. The van der Waals surface area contributed by atoms with Crippen molar-refractivity contribution in [2.45, 2.75) is 0 Å². The first-order chi connectivity index (χ1) is 16.9. The van der Waals surface area contributed by atoms with Crippen LogP contribution in [0.1, 0.15) is 21.5 Å². The Bertz CT molecular complexity index is 1250. The summed E-state index contributed by atoms with van der Waals surface area (Å²) in [5.41, 5.74) is 2.39. The van der Waals surface area contributed by atoms with Gasteiger partial charge in [0.1, 0.15) is 5.82 Å². The molecule has 3 aromatic carbocycles. The number of nitrogens with one attached hydrogen (secondary N) is 1. The average Bonchev–Trinajstić information content (AvgIpc) is 2.86. The normalized spacial score (nSPS) is 11.0. The number of halogens is 2. The molecule has 0 radical (unpaired) electrons. The quantitative estimate of drug-likeness (QED) is 0.196. The number of benzene rings is 3. The maximum Gasteiger partial charge on any atom is 0.203 e. The second-order valence-electron chi connectivity index (χ2n) is 7.23. The predicted molar refractivity (Wildman–Crippen MR) is 137 cm³/mol. The molecule has 182 valence electrons. The molecule has 1 N–H and O–H groups in total. The number of hydrogen-bond donors (Lipinski definition) is 1. The van der Waals surface area contributed by atoms with E-state index in [9.17, 15) is 9.18 Å². The first kappa shape index (κ1) is 25.6. The Kier molecular flexibility index (Phi) is 8.75. The maximum absolute atomic E-state index is 13.4. The molecule has 0 aliphatic rings. The number of rotatable bonds is 10. The van der Waals surface area contributed by atoms with E-state index in [2.05, 4.69) is 5.32 Å². The third-order valence-electron chi connectivity index (χ3n) is 5.01. The number of allylic oxidation sites excluding steroid dienone is 1. The molecule has 0 unspecified atom stereocenters. The van der Waals surface area contributed by atoms with Gasteiger partial charge in [0, 0.05) is 17.8 Å². The van der Waals surface area contributed by atoms with Crippen molar-refractivity contribution in [2.24, 2.45) is 0 Å². The first-order valence-corrected chi connectivity index (χ1v) is 10.9. The van der Waals surface area contributed by atoms with Gasteiger partial charge in [-0.05, 0) is 47.5 Å². The summed E-state index contributed by atoms with van der Waals surface area (Å²) >= 11 is 6.42. The molecule has 0 fully saturated rings. The average molecular weight is 498 g/mol. The van der Waals surface area contributed by atoms with E-state index in [1.54, 1.807) is 33.5 Å². The van der Waals surface area contributed by atoms with Crippen LogP contribution in [0.5, 0.6) is 23.0 Å². The summed E-state index contributed by atoms with van der Waals surface area (Å²) in [5, 5.41) is 3.40. The molecule has 0 amide bonds. The first-order valence-electron chi connectivity index (χ1n) is 10.5. The van der Waals surface area contributed by atoms with Crippen molar-refractivity contribution in [1.82, 2.24) is 0 Å². The second kappa shape index (κ2) is 11.9. The van der Waals surface area contributed by atoms with Crippen molar-refractivity contribution in [2.75, 3.05) is 33.8 Å². The number of anilines is 1. The third kappa shape index (κ3) is 6.33. The minimum absolute atomic E-state index is 0.245. The molecular formula is C27H25ClFNO5. The van der Waals surface area contributed by atoms with Gasteiger partial charge in [0.15, 0.2) is 23.0 Å². The minimum Gasteiger partial charge on any atom is -0.493 e. The summed E-state index contributed by atoms with van der Waals surface area (Å²) in [6.45, 7) is 0. The van der Waals surface area contributed by atoms with Crippen LogP contribution < -0.4 is 24.3 Å². The van der Waals surface area contributed by atoms with E-state index in [1.165, 1.54) is 37.6 Å². The van der Waals surface area contributed by atoms with Crippen LogP contribution in [0, 0.1) is 5.82 Å². The molecule has 0 heterocycles. The van der Waals surface area contributed by atoms with Gasteiger partial charge in [0.2, 0.25) is 5.75 Å². The summed E-state index contributed by atoms with van der Waals surface area (Å²) in [6.07, 6.45) is 6.49. The lowest BCUT2D eigenvalue weighted by Crippen LogP contribution is -1.98. The fourth-order valence-electron chi connectivity index (χ4n) is 3.36. The van der Waals surface area contributed by atoms with Crippen molar-refractivity contribution in [1.29, 1.82) is 0 Å². The van der Waals surface area contributed by atoms with Crippen LogP contribution in [0.25, 0.3) is 12.2 Å². The maximum atomic E-state index is 13.4. The van der Waals surface area contributed by atoms with E-state index in [0.717, 1.165) is 11.1 Å². The molecule has 0 saturated carbocycles. The van der Waals surface area contributed by atoms with Crippen LogP contribution in [-0.4, -0.2) is 34.2 Å². The fourth-order valence-corrected chi connectivity index (χ4v) is 3.67. The van der Waals surface area contributed by atoms with Crippen LogP contribution in [-0.2, 0) is 0 Å². The zero-order valence-corrected chi connectivity index (χ0v) is 20.5. The molecule has 3 rings (SSSR count). The third-order valence-corrected chi connectivity index (χ3v) is 5.29. The highest BCUT2D eigenvalue weighted by atomic mass is 35.5. The Morgan fingerprint density at radius 3 is 2.06 bits per heavy atom. The van der Waals surface area contributed by atoms with Crippen LogP contribution in [0.2, 0.25) is 5.02 Å². The van der Waals surface area contributed by atoms with Crippen LogP contribution >= 0.6 is 11.6 Å². The molecule has 3 aromatic rings. The molecule has 0 bridgehead atoms. The van der Waals surface area contributed by atoms with Crippen LogP contribution in [0.3, 0.4) is 0 Å². The van der Waals surface area contributed by atoms with E-state index in [1.807, 2.05) is 30.4 Å². The smallest absolute Gasteiger partial charge is 0.203 e. The molecule has 8 heteroatoms. The zero-order valence-electron chi connectivity index (χ0n) is 19.7. The SMILES string of the molecule is COc1cc(/C=C\c2cc(Cl)c(OC)c(N/C=C\C(=O)c3cccc(F)c3)c2)cc(OC)c1OC. The van der Waals surface area contributed by atoms with Crippen LogP contribution in [0.15, 0.2) is 60.8 Å². The number of ketones is 1. The monoisotopic (exact) mass is 497 g/mol. The van der Waals surface area contributed by atoms with Gasteiger partial charge in [0.25, 0.3) is 0 Å². The van der Waals surface area contributed by atoms with Crippen molar-refractivity contribution in [3.05, 3.63) is 88.3 Å². The van der Waals surface area contributed by atoms with E-state index in [-0.39, 0.29) is 11.3 Å². The minimum atomic E-state index is -0.475. The topological polar surface area (TPSA) is 66.0 Å². The molecule has 6 nitrogen and oxygen atoms in total. The lowest BCUT2D eigenvalue weighted by molar-refractivity contribution is 0.104. The van der Waals surface area contributed by atoms with Gasteiger partial charge in [-0.1, -0.05) is 35.9 Å². The standard InChI is InChI=1S/C27H25ClFNO5/c1-32-24-14-18(15-25(33-2)27(24)35-4)9-8-17-12-21(28)26(34-3)22(13-17)30-11-10-23(31)19-6-5-7-20(29)16-19/h5-16,30H,1-4H3/b9-8-,11-10-. The summed E-state index contributed by atoms with van der Waals surface area (Å²) in [7, 11) is 6.15. The van der Waals surface area contributed by atoms with Crippen molar-refractivity contribution < 1.29 is 28.1 Å².